The van der Waals surface area contributed by atoms with Crippen LogP contribution in [0.2, 0.25) is 0 Å². The predicted molar refractivity (Wildman–Crippen MR) is 42.2 cm³/mol. The van der Waals surface area contributed by atoms with Crippen molar-refractivity contribution in [3.8, 4) is 0 Å². The van der Waals surface area contributed by atoms with E-state index in [1.807, 2.05) is 6.08 Å². The van der Waals surface area contributed by atoms with Gasteiger partial charge in [-0.15, -0.1) is 0 Å². The number of hydrogen-bond donors (Lipinski definition) is 1. The Balaban J connectivity index is 2.75. The van der Waals surface area contributed by atoms with Gasteiger partial charge in [0.1, 0.15) is 0 Å². The quantitative estimate of drug-likeness (QED) is 0.544. The van der Waals surface area contributed by atoms with E-state index in [0.717, 1.165) is 0 Å². The van der Waals surface area contributed by atoms with Gasteiger partial charge in [-0.05, 0) is 6.42 Å². The minimum Gasteiger partial charge on any atom is -0.320 e. The molecular formula is C6H8N2OS. The highest BCUT2D eigenvalue weighted by Crippen LogP contribution is 2.04. The molecule has 1 amide bonds. The van der Waals surface area contributed by atoms with E-state index in [2.05, 4.69) is 12.2 Å². The zero-order valence-electron chi connectivity index (χ0n) is 5.36. The van der Waals surface area contributed by atoms with E-state index in [1.165, 1.54) is 10.4 Å². The summed E-state index contributed by atoms with van der Waals surface area (Å²) in [5, 5.41) is 0. The molecule has 0 spiro atoms. The molecule has 1 rings (SSSR count). The van der Waals surface area contributed by atoms with Crippen molar-refractivity contribution in [2.75, 3.05) is 0 Å². The maximum Gasteiger partial charge on any atom is 0.248 e. The number of nitrogens with zero attached hydrogens (tertiary/aromatic N) is 1. The number of rotatable bonds is 1. The van der Waals surface area contributed by atoms with Crippen molar-refractivity contribution in [3.05, 3.63) is 12.3 Å². The summed E-state index contributed by atoms with van der Waals surface area (Å²) in [6.45, 7) is 0. The van der Waals surface area contributed by atoms with Crippen LogP contribution in [-0.2, 0) is 4.79 Å². The second-order valence-electron chi connectivity index (χ2n) is 2.08. The van der Waals surface area contributed by atoms with E-state index >= 15 is 0 Å². The van der Waals surface area contributed by atoms with Gasteiger partial charge in [-0.1, -0.05) is 18.3 Å². The molecule has 3 nitrogen and oxygen atoms in total. The first-order valence-corrected chi connectivity index (χ1v) is 3.42. The molecule has 1 unspecified atom stereocenters. The smallest absolute Gasteiger partial charge is 0.248 e. The molecule has 0 aromatic rings. The molecule has 1 heterocycles. The third kappa shape index (κ3) is 1.22. The summed E-state index contributed by atoms with van der Waals surface area (Å²) in [6.07, 6.45) is 4.08. The fraction of sp³-hybridized carbons (Fsp3) is 0.333. The van der Waals surface area contributed by atoms with Gasteiger partial charge in [-0.25, -0.2) is 0 Å². The monoisotopic (exact) mass is 156 g/mol. The van der Waals surface area contributed by atoms with E-state index in [9.17, 15) is 4.79 Å². The molecule has 0 saturated heterocycles. The topological polar surface area (TPSA) is 46.3 Å². The van der Waals surface area contributed by atoms with E-state index in [1.54, 1.807) is 6.20 Å². The maximum atomic E-state index is 11.0. The lowest BCUT2D eigenvalue weighted by molar-refractivity contribution is -0.126. The standard InChI is InChI=1S/C6H8N2OS/c7-5-2-1-3-8(4-10)6(5)9/h1,3-5H,2,7H2. The van der Waals surface area contributed by atoms with Crippen LogP contribution < -0.4 is 5.73 Å². The first-order chi connectivity index (χ1) is 4.75. The largest absolute Gasteiger partial charge is 0.320 e. The highest BCUT2D eigenvalue weighted by Gasteiger charge is 2.19. The number of hydrogen-bond acceptors (Lipinski definition) is 3. The first-order valence-electron chi connectivity index (χ1n) is 2.95. The molecule has 2 N–H and O–H groups in total. The first kappa shape index (κ1) is 7.37. The number of amides is 1. The molecule has 0 saturated carbocycles. The highest BCUT2D eigenvalue weighted by molar-refractivity contribution is 7.78. The number of carbonyl (C=O) groups excluding carboxylic acids is 1. The van der Waals surface area contributed by atoms with Crippen molar-refractivity contribution in [1.82, 2.24) is 4.90 Å². The lowest BCUT2D eigenvalue weighted by atomic mass is 10.1. The van der Waals surface area contributed by atoms with Crippen LogP contribution in [0.4, 0.5) is 0 Å². The molecule has 54 valence electrons. The second-order valence-corrected chi connectivity index (χ2v) is 2.29. The van der Waals surface area contributed by atoms with Crippen molar-refractivity contribution < 1.29 is 4.79 Å². The van der Waals surface area contributed by atoms with Crippen LogP contribution in [-0.4, -0.2) is 22.3 Å². The summed E-state index contributed by atoms with van der Waals surface area (Å²) < 4.78 is 0. The van der Waals surface area contributed by atoms with Gasteiger partial charge in [-0.3, -0.25) is 9.69 Å². The van der Waals surface area contributed by atoms with Crippen molar-refractivity contribution in [2.45, 2.75) is 12.5 Å². The van der Waals surface area contributed by atoms with Crippen LogP contribution in [0.15, 0.2) is 12.3 Å². The lowest BCUT2D eigenvalue weighted by Gasteiger charge is -2.20. The normalized spacial score (nSPS) is 25.1. The molecule has 0 aliphatic carbocycles. The molecule has 1 atom stereocenters. The highest BCUT2D eigenvalue weighted by atomic mass is 32.1. The molecule has 1 aliphatic rings. The molecule has 0 aromatic carbocycles. The Labute approximate surface area is 64.5 Å². The van der Waals surface area contributed by atoms with Crippen LogP contribution >= 0.6 is 12.2 Å². The third-order valence-corrected chi connectivity index (χ3v) is 1.57. The van der Waals surface area contributed by atoms with Gasteiger partial charge in [0.25, 0.3) is 0 Å². The lowest BCUT2D eigenvalue weighted by Crippen LogP contribution is -2.42. The van der Waals surface area contributed by atoms with Crippen LogP contribution in [0.25, 0.3) is 0 Å². The molecule has 0 radical (unpaired) electrons. The number of thiocarbonyl (C=S) groups is 1. The fourth-order valence-corrected chi connectivity index (χ4v) is 0.948. The molecule has 0 aromatic heterocycles. The molecule has 0 bridgehead atoms. The van der Waals surface area contributed by atoms with Crippen LogP contribution in [0, 0.1) is 0 Å². The van der Waals surface area contributed by atoms with Gasteiger partial charge in [0.05, 0.1) is 11.5 Å². The van der Waals surface area contributed by atoms with Gasteiger partial charge >= 0.3 is 0 Å². The Kier molecular flexibility index (Phi) is 2.13. The third-order valence-electron chi connectivity index (χ3n) is 1.34. The Morgan fingerprint density at radius 3 is 3.10 bits per heavy atom. The molecule has 1 aliphatic heterocycles. The zero-order chi connectivity index (χ0) is 7.56. The maximum absolute atomic E-state index is 11.0. The van der Waals surface area contributed by atoms with Gasteiger partial charge in [0.2, 0.25) is 5.91 Å². The van der Waals surface area contributed by atoms with Crippen LogP contribution in [0.1, 0.15) is 6.42 Å². The Morgan fingerprint density at radius 2 is 2.60 bits per heavy atom. The Bertz CT molecular complexity index is 190. The number of nitrogens with two attached hydrogens (primary N) is 1. The van der Waals surface area contributed by atoms with Crippen molar-refractivity contribution in [1.29, 1.82) is 0 Å². The summed E-state index contributed by atoms with van der Waals surface area (Å²) in [5.74, 6) is -0.127. The number of carbonyl (C=O) groups is 1. The summed E-state index contributed by atoms with van der Waals surface area (Å²) in [7, 11) is 0. The molecule has 10 heavy (non-hydrogen) atoms. The van der Waals surface area contributed by atoms with Crippen molar-refractivity contribution >= 4 is 23.6 Å². The summed E-state index contributed by atoms with van der Waals surface area (Å²) >= 11 is 4.58. The predicted octanol–water partition coefficient (Wildman–Crippen LogP) is 0.0169. The second kappa shape index (κ2) is 2.90. The van der Waals surface area contributed by atoms with E-state index < -0.39 is 6.04 Å². The molecule has 0 fully saturated rings. The minimum atomic E-state index is -0.413. The van der Waals surface area contributed by atoms with Gasteiger partial charge in [-0.2, -0.15) is 0 Å². The average molecular weight is 156 g/mol. The van der Waals surface area contributed by atoms with E-state index in [0.29, 0.717) is 6.42 Å². The van der Waals surface area contributed by atoms with Gasteiger partial charge in [0.15, 0.2) is 0 Å². The average Bonchev–Trinajstić information content (AvgIpc) is 1.95. The van der Waals surface area contributed by atoms with Gasteiger partial charge in [0, 0.05) is 6.20 Å². The summed E-state index contributed by atoms with van der Waals surface area (Å²) in [4.78, 5) is 12.3. The van der Waals surface area contributed by atoms with Crippen molar-refractivity contribution in [3.63, 3.8) is 0 Å². The summed E-state index contributed by atoms with van der Waals surface area (Å²) in [5.41, 5.74) is 6.73. The molecule has 4 heteroatoms. The Morgan fingerprint density at radius 1 is 1.90 bits per heavy atom. The van der Waals surface area contributed by atoms with Gasteiger partial charge < -0.3 is 5.73 Å². The van der Waals surface area contributed by atoms with E-state index in [-0.39, 0.29) is 5.91 Å². The minimum absolute atomic E-state index is 0.127. The molecular weight excluding hydrogens is 148 g/mol. The van der Waals surface area contributed by atoms with Crippen LogP contribution in [0.3, 0.4) is 0 Å². The SMILES string of the molecule is NC1CC=CN(C=S)C1=O. The summed E-state index contributed by atoms with van der Waals surface area (Å²) in [6, 6.07) is -0.413. The van der Waals surface area contributed by atoms with Crippen LogP contribution in [0.5, 0.6) is 0 Å². The Hall–Kier alpha value is -0.740. The zero-order valence-corrected chi connectivity index (χ0v) is 6.17. The fourth-order valence-electron chi connectivity index (χ4n) is 0.774. The van der Waals surface area contributed by atoms with Crippen molar-refractivity contribution in [2.24, 2.45) is 5.73 Å². The van der Waals surface area contributed by atoms with E-state index in [4.69, 9.17) is 5.73 Å².